The van der Waals surface area contributed by atoms with Gasteiger partial charge < -0.3 is 14.8 Å². The Morgan fingerprint density at radius 3 is 2.48 bits per heavy atom. The molecule has 1 saturated heterocycles. The first-order valence-corrected chi connectivity index (χ1v) is 11.2. The fraction of sp³-hybridized carbons (Fsp3) is 0.556. The van der Waals surface area contributed by atoms with Gasteiger partial charge in [0.15, 0.2) is 6.61 Å². The number of anilines is 1. The summed E-state index contributed by atoms with van der Waals surface area (Å²) in [5.74, 6) is -1.25. The van der Waals surface area contributed by atoms with Crippen LogP contribution in [0.1, 0.15) is 18.9 Å². The smallest absolute Gasteiger partial charge is 0.315 e. The standard InChI is InChI=1S/C18H22Cl2N2O6S/c1-12-3-4-13(29(25,26)22-5-7-27-8-6-22)9-14(12)21-15(23)10-28-16(24)17(2)11-18(17,19)20/h3-4,9H,5-8,10-11H2,1-2H3,(H,21,23)/t17-/m0/s1. The number of rotatable bonds is 6. The third kappa shape index (κ3) is 4.54. The largest absolute Gasteiger partial charge is 0.455 e. The Balaban J connectivity index is 1.65. The zero-order valence-corrected chi connectivity index (χ0v) is 18.4. The number of nitrogens with one attached hydrogen (secondary N) is 1. The van der Waals surface area contributed by atoms with Crippen molar-refractivity contribution >= 4 is 50.8 Å². The van der Waals surface area contributed by atoms with Gasteiger partial charge in [-0.1, -0.05) is 6.07 Å². The number of morpholine rings is 1. The highest BCUT2D eigenvalue weighted by Gasteiger charge is 2.69. The number of benzene rings is 1. The molecule has 1 aliphatic carbocycles. The number of amides is 1. The van der Waals surface area contributed by atoms with Crippen molar-refractivity contribution in [3.8, 4) is 0 Å². The quantitative estimate of drug-likeness (QED) is 0.510. The number of carbonyl (C=O) groups excluding carboxylic acids is 2. The number of aryl methyl sites for hydroxylation is 1. The van der Waals surface area contributed by atoms with Crippen molar-refractivity contribution in [2.24, 2.45) is 5.41 Å². The molecule has 0 bridgehead atoms. The lowest BCUT2D eigenvalue weighted by atomic mass is 10.1. The monoisotopic (exact) mass is 464 g/mol. The first kappa shape index (κ1) is 22.3. The first-order valence-electron chi connectivity index (χ1n) is 9.01. The van der Waals surface area contributed by atoms with E-state index in [0.29, 0.717) is 24.5 Å². The van der Waals surface area contributed by atoms with E-state index >= 15 is 0 Å². The van der Waals surface area contributed by atoms with E-state index in [0.717, 1.165) is 0 Å². The Hall–Kier alpha value is -1.39. The zero-order valence-electron chi connectivity index (χ0n) is 16.0. The highest BCUT2D eigenvalue weighted by molar-refractivity contribution is 7.89. The van der Waals surface area contributed by atoms with Crippen molar-refractivity contribution in [3.05, 3.63) is 23.8 Å². The number of hydrogen-bond acceptors (Lipinski definition) is 6. The van der Waals surface area contributed by atoms with Gasteiger partial charge in [-0.2, -0.15) is 4.31 Å². The van der Waals surface area contributed by atoms with Crippen LogP contribution in [0.25, 0.3) is 0 Å². The van der Waals surface area contributed by atoms with Crippen LogP contribution >= 0.6 is 23.2 Å². The molecule has 1 atom stereocenters. The Bertz CT molecular complexity index is 930. The molecule has 3 rings (SSSR count). The van der Waals surface area contributed by atoms with Crippen LogP contribution < -0.4 is 5.32 Å². The molecule has 1 saturated carbocycles. The third-order valence-electron chi connectivity index (χ3n) is 5.13. The summed E-state index contributed by atoms with van der Waals surface area (Å²) in [7, 11) is -3.70. The lowest BCUT2D eigenvalue weighted by Gasteiger charge is -2.26. The normalized spacial score (nSPS) is 24.0. The number of sulfonamides is 1. The number of ether oxygens (including phenoxy) is 2. The molecular weight excluding hydrogens is 443 g/mol. The van der Waals surface area contributed by atoms with Crippen molar-refractivity contribution in [2.45, 2.75) is 29.5 Å². The van der Waals surface area contributed by atoms with Crippen LogP contribution in [0.3, 0.4) is 0 Å². The lowest BCUT2D eigenvalue weighted by Crippen LogP contribution is -2.40. The first-order chi connectivity index (χ1) is 13.5. The number of esters is 1. The van der Waals surface area contributed by atoms with Gasteiger partial charge in [0.1, 0.15) is 9.75 Å². The Labute approximate surface area is 179 Å². The van der Waals surface area contributed by atoms with Gasteiger partial charge in [-0.25, -0.2) is 8.42 Å². The predicted octanol–water partition coefficient (Wildman–Crippen LogP) is 2.08. The molecule has 0 unspecified atom stereocenters. The van der Waals surface area contributed by atoms with Crippen molar-refractivity contribution in [2.75, 3.05) is 38.2 Å². The fourth-order valence-electron chi connectivity index (χ4n) is 2.93. The molecule has 1 amide bonds. The van der Waals surface area contributed by atoms with E-state index in [9.17, 15) is 18.0 Å². The molecule has 1 aromatic rings. The number of carbonyl (C=O) groups is 2. The van der Waals surface area contributed by atoms with E-state index in [1.807, 2.05) is 0 Å². The van der Waals surface area contributed by atoms with Crippen molar-refractivity contribution < 1.29 is 27.5 Å². The van der Waals surface area contributed by atoms with Gasteiger partial charge >= 0.3 is 5.97 Å². The summed E-state index contributed by atoms with van der Waals surface area (Å²) in [5.41, 5.74) is -0.0410. The summed E-state index contributed by atoms with van der Waals surface area (Å²) in [5, 5.41) is 2.58. The van der Waals surface area contributed by atoms with Gasteiger partial charge in [-0.15, -0.1) is 23.2 Å². The zero-order chi connectivity index (χ0) is 21.4. The molecule has 1 N–H and O–H groups in total. The third-order valence-corrected chi connectivity index (χ3v) is 8.13. The maximum atomic E-state index is 12.8. The van der Waals surface area contributed by atoms with Crippen LogP contribution in [-0.4, -0.2) is 61.8 Å². The van der Waals surface area contributed by atoms with Crippen LogP contribution in [0.2, 0.25) is 0 Å². The number of hydrogen-bond donors (Lipinski definition) is 1. The topological polar surface area (TPSA) is 102 Å². The van der Waals surface area contributed by atoms with E-state index in [1.54, 1.807) is 19.9 Å². The summed E-state index contributed by atoms with van der Waals surface area (Å²) < 4.78 is 36.0. The van der Waals surface area contributed by atoms with E-state index in [4.69, 9.17) is 32.7 Å². The molecule has 2 fully saturated rings. The SMILES string of the molecule is Cc1ccc(S(=O)(=O)N2CCOCC2)cc1NC(=O)COC(=O)[C@]1(C)CC1(Cl)Cl. The van der Waals surface area contributed by atoms with E-state index < -0.39 is 38.3 Å². The minimum absolute atomic E-state index is 0.0665. The number of nitrogens with zero attached hydrogens (tertiary/aromatic N) is 1. The van der Waals surface area contributed by atoms with Gasteiger partial charge in [0, 0.05) is 25.2 Å². The molecular formula is C18H22Cl2N2O6S. The van der Waals surface area contributed by atoms with Crippen LogP contribution in [-0.2, 0) is 29.1 Å². The van der Waals surface area contributed by atoms with E-state index in [-0.39, 0.29) is 24.4 Å². The fourth-order valence-corrected chi connectivity index (χ4v) is 5.05. The molecule has 0 spiro atoms. The lowest BCUT2D eigenvalue weighted by molar-refractivity contribution is -0.152. The second-order valence-electron chi connectivity index (χ2n) is 7.33. The average molecular weight is 465 g/mol. The van der Waals surface area contributed by atoms with Crippen molar-refractivity contribution in [3.63, 3.8) is 0 Å². The van der Waals surface area contributed by atoms with Gasteiger partial charge in [0.25, 0.3) is 5.91 Å². The second kappa shape index (κ2) is 8.03. The van der Waals surface area contributed by atoms with Crippen LogP contribution in [0, 0.1) is 12.3 Å². The molecule has 0 radical (unpaired) electrons. The summed E-state index contributed by atoms with van der Waals surface area (Å²) in [6.45, 7) is 3.99. The highest BCUT2D eigenvalue weighted by Crippen LogP contribution is 2.64. The summed E-state index contributed by atoms with van der Waals surface area (Å²) in [6, 6.07) is 4.49. The molecule has 1 aliphatic heterocycles. The molecule has 160 valence electrons. The van der Waals surface area contributed by atoms with Gasteiger partial charge in [-0.05, 0) is 31.5 Å². The highest BCUT2D eigenvalue weighted by atomic mass is 35.5. The van der Waals surface area contributed by atoms with Gasteiger partial charge in [0.2, 0.25) is 10.0 Å². The van der Waals surface area contributed by atoms with E-state index in [2.05, 4.69) is 5.32 Å². The Morgan fingerprint density at radius 1 is 1.28 bits per heavy atom. The Morgan fingerprint density at radius 2 is 1.90 bits per heavy atom. The summed E-state index contributed by atoms with van der Waals surface area (Å²) >= 11 is 11.9. The molecule has 1 aromatic carbocycles. The number of alkyl halides is 2. The maximum absolute atomic E-state index is 12.8. The minimum Gasteiger partial charge on any atom is -0.455 e. The van der Waals surface area contributed by atoms with Gasteiger partial charge in [-0.3, -0.25) is 9.59 Å². The summed E-state index contributed by atoms with van der Waals surface area (Å²) in [6.07, 6.45) is 0.254. The number of halogens is 2. The van der Waals surface area contributed by atoms with Crippen molar-refractivity contribution in [1.29, 1.82) is 0 Å². The molecule has 1 heterocycles. The average Bonchev–Trinajstić information content (AvgIpc) is 3.21. The van der Waals surface area contributed by atoms with Crippen molar-refractivity contribution in [1.82, 2.24) is 4.31 Å². The molecule has 0 aromatic heterocycles. The summed E-state index contributed by atoms with van der Waals surface area (Å²) in [4.78, 5) is 24.3. The van der Waals surface area contributed by atoms with Gasteiger partial charge in [0.05, 0.1) is 18.1 Å². The second-order valence-corrected chi connectivity index (χ2v) is 10.8. The Kier molecular flexibility index (Phi) is 6.18. The molecule has 2 aliphatic rings. The molecule has 11 heteroatoms. The van der Waals surface area contributed by atoms with Crippen LogP contribution in [0.4, 0.5) is 5.69 Å². The maximum Gasteiger partial charge on any atom is 0.315 e. The molecule has 8 nitrogen and oxygen atoms in total. The predicted molar refractivity (Wildman–Crippen MR) is 108 cm³/mol. The van der Waals surface area contributed by atoms with Crippen LogP contribution in [0.5, 0.6) is 0 Å². The minimum atomic E-state index is -3.70. The van der Waals surface area contributed by atoms with E-state index in [1.165, 1.54) is 16.4 Å². The molecule has 29 heavy (non-hydrogen) atoms. The van der Waals surface area contributed by atoms with Crippen LogP contribution in [0.15, 0.2) is 23.1 Å².